The van der Waals surface area contributed by atoms with Crippen LogP contribution >= 0.6 is 0 Å². The third-order valence-corrected chi connectivity index (χ3v) is 3.15. The summed E-state index contributed by atoms with van der Waals surface area (Å²) in [5.74, 6) is 0.834. The van der Waals surface area contributed by atoms with Crippen molar-refractivity contribution >= 4 is 5.78 Å². The Kier molecular flexibility index (Phi) is 3.95. The number of ether oxygens (including phenoxy) is 1. The van der Waals surface area contributed by atoms with E-state index in [9.17, 15) is 4.79 Å². The van der Waals surface area contributed by atoms with Crippen LogP contribution < -0.4 is 4.74 Å². The lowest BCUT2D eigenvalue weighted by Gasteiger charge is -2.13. The Balaban J connectivity index is 2.68. The Morgan fingerprint density at radius 2 is 2.00 bits per heavy atom. The van der Waals surface area contributed by atoms with Gasteiger partial charge in [-0.25, -0.2) is 0 Å². The fraction of sp³-hybridized carbons (Fsp3) is 0.250. The number of rotatable bonds is 4. The lowest BCUT2D eigenvalue weighted by atomic mass is 9.97. The first-order valence-corrected chi connectivity index (χ1v) is 6.31. The first kappa shape index (κ1) is 13.3. The molecule has 0 atom stereocenters. The van der Waals surface area contributed by atoms with Crippen molar-refractivity contribution in [3.63, 3.8) is 0 Å². The van der Waals surface area contributed by atoms with Gasteiger partial charge in [-0.1, -0.05) is 19.1 Å². The molecule has 2 rings (SSSR count). The summed E-state index contributed by atoms with van der Waals surface area (Å²) in [6.45, 7) is 3.61. The molecule has 0 N–H and O–H groups in total. The maximum Gasteiger partial charge on any atom is 0.160 e. The van der Waals surface area contributed by atoms with Crippen LogP contribution in [0, 0.1) is 0 Å². The quantitative estimate of drug-likeness (QED) is 0.785. The standard InChI is InChI=1S/C16H17NO2/c1-4-12-13(11(2)18)9-10-17-16(12)14-7-5-6-8-15(14)19-3/h5-10H,4H2,1-3H3. The second kappa shape index (κ2) is 5.65. The van der Waals surface area contributed by atoms with Crippen LogP contribution in [-0.4, -0.2) is 17.9 Å². The number of aromatic nitrogens is 1. The first-order chi connectivity index (χ1) is 9.19. The summed E-state index contributed by atoms with van der Waals surface area (Å²) in [5.41, 5.74) is 3.45. The van der Waals surface area contributed by atoms with Crippen LogP contribution in [0.1, 0.15) is 29.8 Å². The maximum atomic E-state index is 11.7. The molecule has 0 saturated carbocycles. The summed E-state index contributed by atoms with van der Waals surface area (Å²) in [4.78, 5) is 16.1. The number of methoxy groups -OCH3 is 1. The van der Waals surface area contributed by atoms with Gasteiger partial charge in [-0.3, -0.25) is 9.78 Å². The highest BCUT2D eigenvalue weighted by Crippen LogP contribution is 2.32. The predicted octanol–water partition coefficient (Wildman–Crippen LogP) is 3.52. The number of para-hydroxylation sites is 1. The molecule has 0 saturated heterocycles. The lowest BCUT2D eigenvalue weighted by Crippen LogP contribution is -2.03. The van der Waals surface area contributed by atoms with Crippen LogP contribution in [0.5, 0.6) is 5.75 Å². The zero-order valence-corrected chi connectivity index (χ0v) is 11.4. The first-order valence-electron chi connectivity index (χ1n) is 6.31. The minimum atomic E-state index is 0.0652. The van der Waals surface area contributed by atoms with Crippen LogP contribution in [0.15, 0.2) is 36.5 Å². The smallest absolute Gasteiger partial charge is 0.160 e. The van der Waals surface area contributed by atoms with E-state index in [1.165, 1.54) is 0 Å². The highest BCUT2D eigenvalue weighted by molar-refractivity contribution is 5.97. The van der Waals surface area contributed by atoms with Gasteiger partial charge in [0.25, 0.3) is 0 Å². The van der Waals surface area contributed by atoms with Gasteiger partial charge in [0.15, 0.2) is 5.78 Å². The van der Waals surface area contributed by atoms with Gasteiger partial charge in [0, 0.05) is 17.3 Å². The van der Waals surface area contributed by atoms with E-state index >= 15 is 0 Å². The molecule has 0 aliphatic carbocycles. The van der Waals surface area contributed by atoms with Crippen LogP contribution in [0.25, 0.3) is 11.3 Å². The average molecular weight is 255 g/mol. The summed E-state index contributed by atoms with van der Waals surface area (Å²) in [5, 5.41) is 0. The molecule has 0 bridgehead atoms. The van der Waals surface area contributed by atoms with E-state index in [0.717, 1.165) is 34.6 Å². The number of carbonyl (C=O) groups is 1. The number of Topliss-reactive ketones (excluding diaryl/α,β-unsaturated/α-hetero) is 1. The zero-order valence-electron chi connectivity index (χ0n) is 11.4. The Morgan fingerprint density at radius 3 is 2.63 bits per heavy atom. The predicted molar refractivity (Wildman–Crippen MR) is 75.6 cm³/mol. The molecule has 19 heavy (non-hydrogen) atoms. The average Bonchev–Trinajstić information content (AvgIpc) is 2.46. The number of nitrogens with zero attached hydrogens (tertiary/aromatic N) is 1. The molecule has 1 aromatic heterocycles. The van der Waals surface area contributed by atoms with Crippen molar-refractivity contribution in [2.24, 2.45) is 0 Å². The van der Waals surface area contributed by atoms with Crippen molar-refractivity contribution in [2.75, 3.05) is 7.11 Å². The van der Waals surface area contributed by atoms with E-state index in [-0.39, 0.29) is 5.78 Å². The molecule has 0 fully saturated rings. The minimum absolute atomic E-state index is 0.0652. The summed E-state index contributed by atoms with van der Waals surface area (Å²) in [6, 6.07) is 9.50. The van der Waals surface area contributed by atoms with Crippen LogP contribution in [-0.2, 0) is 6.42 Å². The Morgan fingerprint density at radius 1 is 1.26 bits per heavy atom. The number of ketones is 1. The number of carbonyl (C=O) groups excluding carboxylic acids is 1. The number of hydrogen-bond donors (Lipinski definition) is 0. The van der Waals surface area contributed by atoms with Crippen LogP contribution in [0.4, 0.5) is 0 Å². The monoisotopic (exact) mass is 255 g/mol. The fourth-order valence-electron chi connectivity index (χ4n) is 2.25. The second-order valence-electron chi connectivity index (χ2n) is 4.30. The Labute approximate surface area is 113 Å². The molecule has 0 aliphatic rings. The van der Waals surface area contributed by atoms with Crippen molar-refractivity contribution in [3.8, 4) is 17.0 Å². The van der Waals surface area contributed by atoms with Crippen LogP contribution in [0.3, 0.4) is 0 Å². The lowest BCUT2D eigenvalue weighted by molar-refractivity contribution is 0.101. The van der Waals surface area contributed by atoms with Gasteiger partial charge < -0.3 is 4.74 Å². The molecule has 0 spiro atoms. The van der Waals surface area contributed by atoms with Gasteiger partial charge in [0.1, 0.15) is 5.75 Å². The molecule has 0 amide bonds. The van der Waals surface area contributed by atoms with E-state index in [1.807, 2.05) is 31.2 Å². The molecular formula is C16H17NO2. The molecule has 1 aromatic carbocycles. The van der Waals surface area contributed by atoms with E-state index < -0.39 is 0 Å². The summed E-state index contributed by atoms with van der Waals surface area (Å²) in [7, 11) is 1.64. The van der Waals surface area contributed by atoms with Crippen molar-refractivity contribution < 1.29 is 9.53 Å². The molecular weight excluding hydrogens is 238 g/mol. The van der Waals surface area contributed by atoms with Crippen molar-refractivity contribution in [3.05, 3.63) is 47.7 Å². The number of benzene rings is 1. The third kappa shape index (κ3) is 2.50. The molecule has 2 aromatic rings. The molecule has 3 nitrogen and oxygen atoms in total. The van der Waals surface area contributed by atoms with E-state index in [1.54, 1.807) is 26.3 Å². The van der Waals surface area contributed by atoms with Crippen LogP contribution in [0.2, 0.25) is 0 Å². The van der Waals surface area contributed by atoms with Crippen molar-refractivity contribution in [1.82, 2.24) is 4.98 Å². The minimum Gasteiger partial charge on any atom is -0.496 e. The van der Waals surface area contributed by atoms with Gasteiger partial charge in [0.2, 0.25) is 0 Å². The summed E-state index contributed by atoms with van der Waals surface area (Å²) < 4.78 is 5.37. The van der Waals surface area contributed by atoms with Gasteiger partial charge in [-0.2, -0.15) is 0 Å². The molecule has 0 aliphatic heterocycles. The highest BCUT2D eigenvalue weighted by Gasteiger charge is 2.15. The van der Waals surface area contributed by atoms with E-state index in [0.29, 0.717) is 0 Å². The normalized spacial score (nSPS) is 10.3. The van der Waals surface area contributed by atoms with Gasteiger partial charge in [-0.05, 0) is 37.1 Å². The fourth-order valence-corrected chi connectivity index (χ4v) is 2.25. The molecule has 0 radical (unpaired) electrons. The van der Waals surface area contributed by atoms with Gasteiger partial charge in [-0.15, -0.1) is 0 Å². The van der Waals surface area contributed by atoms with Gasteiger partial charge >= 0.3 is 0 Å². The van der Waals surface area contributed by atoms with Gasteiger partial charge in [0.05, 0.1) is 12.8 Å². The van der Waals surface area contributed by atoms with E-state index in [4.69, 9.17) is 4.74 Å². The topological polar surface area (TPSA) is 39.2 Å². The Bertz CT molecular complexity index is 605. The maximum absolute atomic E-state index is 11.7. The van der Waals surface area contributed by atoms with Crippen molar-refractivity contribution in [2.45, 2.75) is 20.3 Å². The zero-order chi connectivity index (χ0) is 13.8. The summed E-state index contributed by atoms with van der Waals surface area (Å²) >= 11 is 0. The molecule has 98 valence electrons. The second-order valence-corrected chi connectivity index (χ2v) is 4.30. The Hall–Kier alpha value is -2.16. The number of hydrogen-bond acceptors (Lipinski definition) is 3. The largest absolute Gasteiger partial charge is 0.496 e. The summed E-state index contributed by atoms with van der Waals surface area (Å²) in [6.07, 6.45) is 2.44. The molecule has 0 unspecified atom stereocenters. The van der Waals surface area contributed by atoms with E-state index in [2.05, 4.69) is 4.98 Å². The third-order valence-electron chi connectivity index (χ3n) is 3.15. The molecule has 3 heteroatoms. The number of pyridine rings is 1. The van der Waals surface area contributed by atoms with Crippen molar-refractivity contribution in [1.29, 1.82) is 0 Å². The SMILES string of the molecule is CCc1c(C(C)=O)ccnc1-c1ccccc1OC. The highest BCUT2D eigenvalue weighted by atomic mass is 16.5. The molecule has 1 heterocycles.